The molecule has 3 rings (SSSR count). The average Bonchev–Trinajstić information content (AvgIpc) is 2.65. The first-order valence-corrected chi connectivity index (χ1v) is 9.05. The van der Waals surface area contributed by atoms with Gasteiger partial charge in [-0.2, -0.15) is 0 Å². The molecule has 5 heteroatoms. The van der Waals surface area contributed by atoms with Gasteiger partial charge < -0.3 is 14.2 Å². The van der Waals surface area contributed by atoms with E-state index in [0.29, 0.717) is 18.2 Å². The summed E-state index contributed by atoms with van der Waals surface area (Å²) >= 11 is 0. The zero-order chi connectivity index (χ0) is 17.8. The normalized spacial score (nSPS) is 15.6. The van der Waals surface area contributed by atoms with Gasteiger partial charge in [0.1, 0.15) is 11.1 Å². The third-order valence-corrected chi connectivity index (χ3v) is 5.20. The van der Waals surface area contributed by atoms with Crippen molar-refractivity contribution in [2.45, 2.75) is 38.1 Å². The summed E-state index contributed by atoms with van der Waals surface area (Å²) in [6.45, 7) is 1.41. The van der Waals surface area contributed by atoms with Gasteiger partial charge in [0, 0.05) is 31.6 Å². The van der Waals surface area contributed by atoms with Crippen molar-refractivity contribution in [3.05, 3.63) is 46.3 Å². The molecular formula is C20H26N2O3. The number of carbonyl (C=O) groups is 1. The highest BCUT2D eigenvalue weighted by molar-refractivity contribution is 5.96. The van der Waals surface area contributed by atoms with Crippen LogP contribution in [0.4, 0.5) is 0 Å². The van der Waals surface area contributed by atoms with Gasteiger partial charge in [-0.25, -0.2) is 4.79 Å². The molecule has 1 fully saturated rings. The summed E-state index contributed by atoms with van der Waals surface area (Å²) in [6.07, 6.45) is 6.40. The van der Waals surface area contributed by atoms with E-state index in [1.165, 1.54) is 32.1 Å². The third kappa shape index (κ3) is 4.10. The van der Waals surface area contributed by atoms with Crippen LogP contribution in [0.5, 0.6) is 0 Å². The van der Waals surface area contributed by atoms with Gasteiger partial charge in [0.25, 0.3) is 5.91 Å². The monoisotopic (exact) mass is 342 g/mol. The van der Waals surface area contributed by atoms with E-state index in [-0.39, 0.29) is 11.5 Å². The molecule has 0 aliphatic heterocycles. The molecule has 1 aliphatic carbocycles. The highest BCUT2D eigenvalue weighted by atomic mass is 16.4. The van der Waals surface area contributed by atoms with E-state index in [0.717, 1.165) is 11.9 Å². The minimum atomic E-state index is -0.573. The lowest BCUT2D eigenvalue weighted by Gasteiger charge is -2.32. The number of carbonyl (C=O) groups excluding carboxylic acids is 1. The Hall–Kier alpha value is -2.14. The molecule has 134 valence electrons. The summed E-state index contributed by atoms with van der Waals surface area (Å²) in [4.78, 5) is 28.7. The zero-order valence-corrected chi connectivity index (χ0v) is 15.0. The molecule has 0 bridgehead atoms. The Bertz CT molecular complexity index is 793. The summed E-state index contributed by atoms with van der Waals surface area (Å²) in [5, 5.41) is 0.762. The van der Waals surface area contributed by atoms with Gasteiger partial charge in [0.05, 0.1) is 0 Å². The number of para-hydroxylation sites is 1. The maximum atomic E-state index is 12.6. The standard InChI is InChI=1S/C20H26N2O3/c1-21(16-9-4-3-5-10-16)12-13-22(2)19(23)17-14-15-8-6-7-11-18(15)25-20(17)24/h6-8,11,14,16H,3-5,9-10,12-13H2,1-2H3. The third-order valence-electron chi connectivity index (χ3n) is 5.20. The first-order chi connectivity index (χ1) is 12.1. The van der Waals surface area contributed by atoms with Gasteiger partial charge in [0.15, 0.2) is 0 Å². The maximum Gasteiger partial charge on any atom is 0.349 e. The van der Waals surface area contributed by atoms with Crippen molar-refractivity contribution in [3.8, 4) is 0 Å². The Morgan fingerprint density at radius 1 is 1.12 bits per heavy atom. The Labute approximate surface area is 148 Å². The van der Waals surface area contributed by atoms with E-state index in [2.05, 4.69) is 11.9 Å². The summed E-state index contributed by atoms with van der Waals surface area (Å²) in [5.41, 5.74) is 0.0291. The summed E-state index contributed by atoms with van der Waals surface area (Å²) in [7, 11) is 3.87. The summed E-state index contributed by atoms with van der Waals surface area (Å²) in [5.74, 6) is -0.281. The second-order valence-corrected chi connectivity index (χ2v) is 6.98. The molecule has 1 aliphatic rings. The van der Waals surface area contributed by atoms with E-state index in [1.807, 2.05) is 12.1 Å². The van der Waals surface area contributed by atoms with Crippen molar-refractivity contribution in [2.75, 3.05) is 27.2 Å². The molecule has 25 heavy (non-hydrogen) atoms. The lowest BCUT2D eigenvalue weighted by atomic mass is 9.94. The van der Waals surface area contributed by atoms with Gasteiger partial charge in [-0.05, 0) is 32.0 Å². The van der Waals surface area contributed by atoms with Crippen molar-refractivity contribution in [3.63, 3.8) is 0 Å². The smallest absolute Gasteiger partial charge is 0.349 e. The first-order valence-electron chi connectivity index (χ1n) is 9.05. The van der Waals surface area contributed by atoms with Gasteiger partial charge in [-0.15, -0.1) is 0 Å². The fourth-order valence-corrected chi connectivity index (χ4v) is 3.53. The van der Waals surface area contributed by atoms with Crippen LogP contribution in [-0.2, 0) is 0 Å². The van der Waals surface area contributed by atoms with E-state index in [1.54, 1.807) is 30.1 Å². The second kappa shape index (κ2) is 7.83. The van der Waals surface area contributed by atoms with Crippen molar-refractivity contribution >= 4 is 16.9 Å². The number of hydrogen-bond acceptors (Lipinski definition) is 4. The number of fused-ring (bicyclic) bond motifs is 1. The predicted octanol–water partition coefficient (Wildman–Crippen LogP) is 3.13. The van der Waals surface area contributed by atoms with E-state index < -0.39 is 5.63 Å². The van der Waals surface area contributed by atoms with Crippen molar-refractivity contribution in [2.24, 2.45) is 0 Å². The predicted molar refractivity (Wildman–Crippen MR) is 98.9 cm³/mol. The van der Waals surface area contributed by atoms with Gasteiger partial charge in [-0.1, -0.05) is 37.5 Å². The Kier molecular flexibility index (Phi) is 5.53. The Balaban J connectivity index is 1.66. The van der Waals surface area contributed by atoms with Crippen LogP contribution in [0.15, 0.2) is 39.5 Å². The van der Waals surface area contributed by atoms with Gasteiger partial charge >= 0.3 is 5.63 Å². The highest BCUT2D eigenvalue weighted by Gasteiger charge is 2.21. The van der Waals surface area contributed by atoms with Crippen molar-refractivity contribution in [1.82, 2.24) is 9.80 Å². The van der Waals surface area contributed by atoms with Crippen LogP contribution >= 0.6 is 0 Å². The van der Waals surface area contributed by atoms with Crippen LogP contribution in [0.25, 0.3) is 11.0 Å². The molecule has 1 heterocycles. The lowest BCUT2D eigenvalue weighted by Crippen LogP contribution is -2.41. The molecule has 0 radical (unpaired) electrons. The SMILES string of the molecule is CN(CCN(C)C1CCCCC1)C(=O)c1cc2ccccc2oc1=O. The molecule has 0 atom stereocenters. The fourth-order valence-electron chi connectivity index (χ4n) is 3.53. The number of benzene rings is 1. The molecule has 1 aromatic carbocycles. The zero-order valence-electron chi connectivity index (χ0n) is 15.0. The average molecular weight is 342 g/mol. The minimum absolute atomic E-state index is 0.0986. The summed E-state index contributed by atoms with van der Waals surface area (Å²) in [6, 6.07) is 9.48. The molecule has 0 spiro atoms. The number of amides is 1. The first kappa shape index (κ1) is 17.7. The quantitative estimate of drug-likeness (QED) is 0.784. The van der Waals surface area contributed by atoms with Crippen LogP contribution < -0.4 is 5.63 Å². The second-order valence-electron chi connectivity index (χ2n) is 6.98. The largest absolute Gasteiger partial charge is 0.422 e. The maximum absolute atomic E-state index is 12.6. The molecule has 0 N–H and O–H groups in total. The van der Waals surface area contributed by atoms with Crippen molar-refractivity contribution < 1.29 is 9.21 Å². The van der Waals surface area contributed by atoms with Crippen LogP contribution in [0.2, 0.25) is 0 Å². The summed E-state index contributed by atoms with van der Waals surface area (Å²) < 4.78 is 5.27. The topological polar surface area (TPSA) is 53.8 Å². The van der Waals surface area contributed by atoms with Crippen LogP contribution in [0.3, 0.4) is 0 Å². The number of rotatable bonds is 5. The Morgan fingerprint density at radius 3 is 2.60 bits per heavy atom. The Morgan fingerprint density at radius 2 is 1.84 bits per heavy atom. The lowest BCUT2D eigenvalue weighted by molar-refractivity contribution is 0.0763. The number of nitrogens with zero attached hydrogens (tertiary/aromatic N) is 2. The van der Waals surface area contributed by atoms with Crippen LogP contribution in [0, 0.1) is 0 Å². The van der Waals surface area contributed by atoms with E-state index in [9.17, 15) is 9.59 Å². The van der Waals surface area contributed by atoms with Crippen LogP contribution in [0.1, 0.15) is 42.5 Å². The molecule has 1 amide bonds. The minimum Gasteiger partial charge on any atom is -0.422 e. The molecule has 5 nitrogen and oxygen atoms in total. The van der Waals surface area contributed by atoms with E-state index in [4.69, 9.17) is 4.42 Å². The fraction of sp³-hybridized carbons (Fsp3) is 0.500. The molecule has 1 aromatic heterocycles. The van der Waals surface area contributed by atoms with E-state index >= 15 is 0 Å². The highest BCUT2D eigenvalue weighted by Crippen LogP contribution is 2.21. The number of hydrogen-bond donors (Lipinski definition) is 0. The molecule has 2 aromatic rings. The molecule has 0 unspecified atom stereocenters. The van der Waals surface area contributed by atoms with Crippen molar-refractivity contribution in [1.29, 1.82) is 0 Å². The number of likely N-dealkylation sites (N-methyl/N-ethyl adjacent to an activating group) is 2. The molecular weight excluding hydrogens is 316 g/mol. The van der Waals surface area contributed by atoms with Gasteiger partial charge in [-0.3, -0.25) is 4.79 Å². The van der Waals surface area contributed by atoms with Gasteiger partial charge in [0.2, 0.25) is 0 Å². The molecule has 0 saturated heterocycles. The van der Waals surface area contributed by atoms with Crippen LogP contribution in [-0.4, -0.2) is 48.9 Å². The molecule has 1 saturated carbocycles.